The fraction of sp³-hybridized carbons (Fsp3) is 0.0303. The van der Waals surface area contributed by atoms with Gasteiger partial charge in [0, 0.05) is 32.9 Å². The van der Waals surface area contributed by atoms with E-state index >= 15 is 0 Å². The van der Waals surface area contributed by atoms with Gasteiger partial charge in [-0.2, -0.15) is 5.11 Å². The Morgan fingerprint density at radius 3 is 1.73 bits per heavy atom. The Balaban J connectivity index is 1.22. The maximum absolute atomic E-state index is 9.67. The molecule has 1 unspecified atom stereocenters. The number of hydrogen-bond donors (Lipinski definition) is 3. The van der Waals surface area contributed by atoms with Gasteiger partial charge in [0.25, 0.3) is 0 Å². The lowest BCUT2D eigenvalue weighted by atomic mass is 10.0. The molecule has 7 nitrogen and oxygen atoms in total. The largest absolute Gasteiger partial charge is 0.508 e. The van der Waals surface area contributed by atoms with Gasteiger partial charge in [-0.15, -0.1) is 15.3 Å². The Morgan fingerprint density at radius 2 is 1.02 bits per heavy atom. The first-order valence-corrected chi connectivity index (χ1v) is 13.0. The fourth-order valence-corrected chi connectivity index (χ4v) is 5.06. The average Bonchev–Trinajstić information content (AvgIpc) is 3.01. The molecule has 1 aliphatic rings. The molecule has 3 N–H and O–H groups in total. The van der Waals surface area contributed by atoms with Crippen molar-refractivity contribution in [1.82, 2.24) is 0 Å². The maximum Gasteiger partial charge on any atom is 0.123 e. The second-order valence-electron chi connectivity index (χ2n) is 9.56. The summed E-state index contributed by atoms with van der Waals surface area (Å²) < 4.78 is 0. The number of azo groups is 2. The number of rotatable bonds is 5. The van der Waals surface area contributed by atoms with Crippen LogP contribution in [0.15, 0.2) is 142 Å². The van der Waals surface area contributed by atoms with Crippen molar-refractivity contribution in [3.05, 3.63) is 127 Å². The predicted molar refractivity (Wildman–Crippen MR) is 161 cm³/mol. The summed E-state index contributed by atoms with van der Waals surface area (Å²) in [5, 5.41) is 39.0. The average molecular weight is 521 g/mol. The lowest BCUT2D eigenvalue weighted by Gasteiger charge is -2.30. The zero-order valence-corrected chi connectivity index (χ0v) is 21.4. The smallest absolute Gasteiger partial charge is 0.123 e. The number of anilines is 2. The number of phenolic OH excluding ortho intramolecular Hbond substituents is 1. The minimum Gasteiger partial charge on any atom is -0.508 e. The van der Waals surface area contributed by atoms with E-state index < -0.39 is 0 Å². The number of hydrogen-bond acceptors (Lipinski definition) is 7. The fourth-order valence-electron chi connectivity index (χ4n) is 5.06. The summed E-state index contributed by atoms with van der Waals surface area (Å²) in [4.78, 5) is 0. The Hall–Kier alpha value is -5.56. The van der Waals surface area contributed by atoms with E-state index in [0.29, 0.717) is 0 Å². The highest BCUT2D eigenvalue weighted by Gasteiger charge is 2.21. The maximum atomic E-state index is 9.67. The van der Waals surface area contributed by atoms with Crippen LogP contribution in [0.25, 0.3) is 21.5 Å². The molecule has 0 aromatic heterocycles. The summed E-state index contributed by atoms with van der Waals surface area (Å²) in [6.45, 7) is 0. The van der Waals surface area contributed by atoms with Crippen LogP contribution in [0.3, 0.4) is 0 Å². The van der Waals surface area contributed by atoms with Crippen LogP contribution in [-0.4, -0.2) is 5.11 Å². The third kappa shape index (κ3) is 4.39. The summed E-state index contributed by atoms with van der Waals surface area (Å²) in [6, 6.07) is 39.0. The van der Waals surface area contributed by atoms with E-state index in [2.05, 4.69) is 38.1 Å². The lowest BCUT2D eigenvalue weighted by Crippen LogP contribution is -2.23. The molecule has 0 fully saturated rings. The van der Waals surface area contributed by atoms with E-state index in [4.69, 9.17) is 5.11 Å². The minimum atomic E-state index is -0.116. The second kappa shape index (κ2) is 9.96. The molecule has 0 spiro atoms. The molecule has 0 saturated carbocycles. The summed E-state index contributed by atoms with van der Waals surface area (Å²) in [5.74, 6) is 0.246. The third-order valence-corrected chi connectivity index (χ3v) is 7.02. The van der Waals surface area contributed by atoms with Crippen molar-refractivity contribution in [3.8, 4) is 5.75 Å². The molecule has 1 heterocycles. The van der Waals surface area contributed by atoms with Gasteiger partial charge in [0.05, 0.1) is 22.7 Å². The predicted octanol–water partition coefficient (Wildman–Crippen LogP) is 10.1. The van der Waals surface area contributed by atoms with Gasteiger partial charge in [-0.05, 0) is 60.2 Å². The molecule has 192 valence electrons. The van der Waals surface area contributed by atoms with Gasteiger partial charge in [-0.3, -0.25) is 0 Å². The van der Waals surface area contributed by atoms with Crippen molar-refractivity contribution in [2.75, 3.05) is 10.6 Å². The number of nitrogens with zero attached hydrogens (tertiary/aromatic N) is 4. The molecule has 6 aromatic carbocycles. The highest BCUT2D eigenvalue weighted by atomic mass is 16.3. The van der Waals surface area contributed by atoms with Gasteiger partial charge in [-0.25, -0.2) is 0 Å². The van der Waals surface area contributed by atoms with E-state index in [0.717, 1.165) is 61.2 Å². The van der Waals surface area contributed by atoms with E-state index in [9.17, 15) is 5.11 Å². The van der Waals surface area contributed by atoms with Crippen molar-refractivity contribution in [3.63, 3.8) is 0 Å². The van der Waals surface area contributed by atoms with E-state index in [1.54, 1.807) is 12.1 Å². The molecule has 7 rings (SSSR count). The van der Waals surface area contributed by atoms with Gasteiger partial charge < -0.3 is 15.7 Å². The Labute approximate surface area is 230 Å². The molecule has 0 radical (unpaired) electrons. The first-order valence-electron chi connectivity index (χ1n) is 13.0. The van der Waals surface area contributed by atoms with Gasteiger partial charge >= 0.3 is 0 Å². The van der Waals surface area contributed by atoms with Crippen molar-refractivity contribution < 1.29 is 5.11 Å². The Kier molecular flexibility index (Phi) is 5.86. The molecule has 0 bridgehead atoms. The molecule has 6 aromatic rings. The zero-order valence-electron chi connectivity index (χ0n) is 21.4. The van der Waals surface area contributed by atoms with E-state index in [-0.39, 0.29) is 11.9 Å². The van der Waals surface area contributed by atoms with Crippen molar-refractivity contribution in [2.45, 2.75) is 6.17 Å². The third-order valence-electron chi connectivity index (χ3n) is 7.02. The number of fused-ring (bicyclic) bond motifs is 1. The summed E-state index contributed by atoms with van der Waals surface area (Å²) in [7, 11) is 0. The van der Waals surface area contributed by atoms with Crippen LogP contribution >= 0.6 is 0 Å². The second-order valence-corrected chi connectivity index (χ2v) is 9.56. The normalized spacial score (nSPS) is 14.6. The van der Waals surface area contributed by atoms with E-state index in [1.807, 2.05) is 97.1 Å². The number of aromatic hydroxyl groups is 1. The number of benzene rings is 6. The van der Waals surface area contributed by atoms with Gasteiger partial charge in [0.15, 0.2) is 0 Å². The summed E-state index contributed by atoms with van der Waals surface area (Å²) in [5.41, 5.74) is 6.18. The quantitative estimate of drug-likeness (QED) is 0.197. The van der Waals surface area contributed by atoms with Gasteiger partial charge in [-0.1, -0.05) is 66.7 Å². The van der Waals surface area contributed by atoms with E-state index in [1.165, 1.54) is 0 Å². The standard InChI is InChI=1S/C33H24N6O/c40-23-15-13-21(14-16-23)33-34-30-12-6-11-26-29(19-20-31(35-33)32(26)30)39-38-28-18-17-27(24-9-4-5-10-25(24)28)37-36-22-7-2-1-3-8-22/h1-20,33-35,40H/b37-36+,39-38?. The van der Waals surface area contributed by atoms with Crippen LogP contribution in [-0.2, 0) is 0 Å². The first-order chi connectivity index (χ1) is 19.7. The van der Waals surface area contributed by atoms with Crippen LogP contribution in [0, 0.1) is 0 Å². The highest BCUT2D eigenvalue weighted by molar-refractivity contribution is 6.09. The topological polar surface area (TPSA) is 93.7 Å². The minimum absolute atomic E-state index is 0.116. The molecule has 0 amide bonds. The lowest BCUT2D eigenvalue weighted by molar-refractivity contribution is 0.475. The molecule has 40 heavy (non-hydrogen) atoms. The van der Waals surface area contributed by atoms with Crippen LogP contribution in [0.5, 0.6) is 5.75 Å². The highest BCUT2D eigenvalue weighted by Crippen LogP contribution is 2.43. The van der Waals surface area contributed by atoms with Crippen LogP contribution in [0.4, 0.5) is 34.1 Å². The molecule has 0 saturated heterocycles. The molecule has 1 atom stereocenters. The SMILES string of the molecule is Oc1ccc(C2Nc3cccc4c(N=Nc5ccc(/N=N/c6ccccc6)c6ccccc56)ccc(c34)N2)cc1. The van der Waals surface area contributed by atoms with Crippen LogP contribution < -0.4 is 10.6 Å². The van der Waals surface area contributed by atoms with Crippen molar-refractivity contribution >= 4 is 55.7 Å². The summed E-state index contributed by atoms with van der Waals surface area (Å²) in [6.07, 6.45) is -0.116. The first kappa shape index (κ1) is 23.5. The van der Waals surface area contributed by atoms with Crippen LogP contribution in [0.1, 0.15) is 11.7 Å². The molecular weight excluding hydrogens is 496 g/mol. The Morgan fingerprint density at radius 1 is 0.475 bits per heavy atom. The van der Waals surface area contributed by atoms with Gasteiger partial charge in [0.1, 0.15) is 11.9 Å². The molecular formula is C33H24N6O. The zero-order chi connectivity index (χ0) is 26.9. The Bertz CT molecular complexity index is 1900. The van der Waals surface area contributed by atoms with Crippen molar-refractivity contribution in [1.29, 1.82) is 0 Å². The van der Waals surface area contributed by atoms with Crippen molar-refractivity contribution in [2.24, 2.45) is 20.5 Å². The molecule has 1 aliphatic heterocycles. The molecule has 0 aliphatic carbocycles. The van der Waals surface area contributed by atoms with Crippen LogP contribution in [0.2, 0.25) is 0 Å². The number of nitrogens with one attached hydrogen (secondary N) is 2. The monoisotopic (exact) mass is 520 g/mol. The number of phenols is 1. The molecule has 7 heteroatoms. The summed E-state index contributed by atoms with van der Waals surface area (Å²) >= 11 is 0. The van der Waals surface area contributed by atoms with Gasteiger partial charge in [0.2, 0.25) is 0 Å².